The Morgan fingerprint density at radius 2 is 1.87 bits per heavy atom. The molecule has 78 valence electrons. The summed E-state index contributed by atoms with van der Waals surface area (Å²) in [5.74, 6) is 0. The lowest BCUT2D eigenvalue weighted by Gasteiger charge is -2.36. The van der Waals surface area contributed by atoms with Gasteiger partial charge in [-0.1, -0.05) is 36.4 Å². The molecule has 15 heavy (non-hydrogen) atoms. The minimum absolute atomic E-state index is 0.359. The molecule has 0 bridgehead atoms. The Kier molecular flexibility index (Phi) is 2.36. The van der Waals surface area contributed by atoms with Crippen LogP contribution in [-0.4, -0.2) is 16.2 Å². The smallest absolute Gasteiger partial charge is 0.0201 e. The molecule has 1 aliphatic heterocycles. The van der Waals surface area contributed by atoms with Crippen molar-refractivity contribution in [1.29, 1.82) is 0 Å². The molecule has 1 heterocycles. The van der Waals surface area contributed by atoms with Crippen LogP contribution in [0.15, 0.2) is 30.3 Å². The lowest BCUT2D eigenvalue weighted by molar-refractivity contribution is 0.310. The number of halogens is 1. The maximum Gasteiger partial charge on any atom is 0.0201 e. The van der Waals surface area contributed by atoms with E-state index >= 15 is 0 Å². The van der Waals surface area contributed by atoms with E-state index in [-0.39, 0.29) is 0 Å². The van der Waals surface area contributed by atoms with Crippen LogP contribution in [0, 0.1) is 0 Å². The predicted octanol–water partition coefficient (Wildman–Crippen LogP) is 3.40. The van der Waals surface area contributed by atoms with Gasteiger partial charge in [-0.2, -0.15) is 0 Å². The van der Waals surface area contributed by atoms with Crippen molar-refractivity contribution in [2.45, 2.75) is 18.3 Å². The molecule has 0 atom stereocenters. The lowest BCUT2D eigenvalue weighted by Crippen LogP contribution is -2.36. The van der Waals surface area contributed by atoms with E-state index in [0.717, 1.165) is 0 Å². The number of piperidine rings is 1. The van der Waals surface area contributed by atoms with Crippen molar-refractivity contribution in [3.05, 3.63) is 41.5 Å². The molecule has 1 aromatic carbocycles. The third-order valence-electron chi connectivity index (χ3n) is 3.68. The van der Waals surface area contributed by atoms with E-state index in [9.17, 15) is 0 Å². The zero-order valence-electron chi connectivity index (χ0n) is 8.62. The molecule has 0 unspecified atom stereocenters. The van der Waals surface area contributed by atoms with Crippen molar-refractivity contribution >= 4 is 28.9 Å². The van der Waals surface area contributed by atoms with Crippen LogP contribution in [0.2, 0.25) is 0 Å². The van der Waals surface area contributed by atoms with E-state index in [4.69, 9.17) is 0 Å². The molecule has 2 aliphatic rings. The summed E-state index contributed by atoms with van der Waals surface area (Å²) in [6.45, 7) is 2.42. The summed E-state index contributed by atoms with van der Waals surface area (Å²) in [4.78, 5) is 0. The molecule has 1 spiro atoms. The predicted molar refractivity (Wildman–Crippen MR) is 72.0 cm³/mol. The minimum Gasteiger partial charge on any atom is -0.247 e. The molecule has 0 radical (unpaired) electrons. The van der Waals surface area contributed by atoms with Crippen LogP contribution in [0.5, 0.6) is 0 Å². The van der Waals surface area contributed by atoms with E-state index in [2.05, 4.69) is 62.4 Å². The summed E-state index contributed by atoms with van der Waals surface area (Å²) in [6.07, 6.45) is 7.27. The van der Waals surface area contributed by atoms with Gasteiger partial charge in [0.15, 0.2) is 0 Å². The molecule has 0 saturated carbocycles. The first kappa shape index (κ1) is 9.85. The van der Waals surface area contributed by atoms with Crippen molar-refractivity contribution in [3.8, 4) is 0 Å². The Morgan fingerprint density at radius 3 is 2.67 bits per heavy atom. The number of hydrogen-bond donors (Lipinski definition) is 0. The molecule has 1 nitrogen and oxygen atoms in total. The summed E-state index contributed by atoms with van der Waals surface area (Å²) in [5, 5.41) is 0. The number of nitrogens with zero attached hydrogens (tertiary/aromatic N) is 1. The van der Waals surface area contributed by atoms with Crippen LogP contribution < -0.4 is 0 Å². The number of allylic oxidation sites excluding steroid dienone is 1. The first-order valence-corrected chi connectivity index (χ1v) is 6.46. The Bertz CT molecular complexity index is 403. The molecule has 1 saturated heterocycles. The van der Waals surface area contributed by atoms with Crippen molar-refractivity contribution in [2.24, 2.45) is 0 Å². The van der Waals surface area contributed by atoms with Gasteiger partial charge in [0.2, 0.25) is 0 Å². The van der Waals surface area contributed by atoms with Crippen LogP contribution in [0.3, 0.4) is 0 Å². The highest BCUT2D eigenvalue weighted by molar-refractivity contribution is 14.1. The van der Waals surface area contributed by atoms with E-state index < -0.39 is 0 Å². The molecule has 1 aromatic rings. The van der Waals surface area contributed by atoms with Crippen molar-refractivity contribution in [3.63, 3.8) is 0 Å². The lowest BCUT2D eigenvalue weighted by atomic mass is 9.75. The molecule has 2 heteroatoms. The van der Waals surface area contributed by atoms with Gasteiger partial charge in [-0.15, -0.1) is 0 Å². The number of benzene rings is 1. The largest absolute Gasteiger partial charge is 0.247 e. The minimum atomic E-state index is 0.359. The highest BCUT2D eigenvalue weighted by Crippen LogP contribution is 2.43. The van der Waals surface area contributed by atoms with Crippen LogP contribution in [0.4, 0.5) is 0 Å². The molecule has 0 aromatic heterocycles. The van der Waals surface area contributed by atoms with Gasteiger partial charge >= 0.3 is 0 Å². The van der Waals surface area contributed by atoms with E-state index in [1.165, 1.54) is 31.5 Å². The topological polar surface area (TPSA) is 3.24 Å². The average molecular weight is 311 g/mol. The fraction of sp³-hybridized carbons (Fsp3) is 0.385. The summed E-state index contributed by atoms with van der Waals surface area (Å²) in [5.41, 5.74) is 3.34. The zero-order chi connectivity index (χ0) is 10.3. The van der Waals surface area contributed by atoms with Crippen LogP contribution >= 0.6 is 22.9 Å². The quantitative estimate of drug-likeness (QED) is 0.524. The van der Waals surface area contributed by atoms with Gasteiger partial charge < -0.3 is 0 Å². The Hall–Kier alpha value is -0.350. The summed E-state index contributed by atoms with van der Waals surface area (Å²) in [6, 6.07) is 8.84. The molecule has 1 fully saturated rings. The van der Waals surface area contributed by atoms with Crippen molar-refractivity contribution < 1.29 is 0 Å². The van der Waals surface area contributed by atoms with Gasteiger partial charge in [0.05, 0.1) is 0 Å². The van der Waals surface area contributed by atoms with Crippen LogP contribution in [-0.2, 0) is 5.41 Å². The van der Waals surface area contributed by atoms with E-state index in [1.807, 2.05) is 0 Å². The van der Waals surface area contributed by atoms with Crippen molar-refractivity contribution in [2.75, 3.05) is 13.1 Å². The highest BCUT2D eigenvalue weighted by Gasteiger charge is 2.37. The summed E-state index contributed by atoms with van der Waals surface area (Å²) < 4.78 is 2.40. The van der Waals surface area contributed by atoms with Crippen LogP contribution in [0.1, 0.15) is 24.0 Å². The molecule has 0 N–H and O–H groups in total. The Balaban J connectivity index is 1.99. The standard InChI is InChI=1S/C13H14IN/c14-15-9-7-13(8-10-15)6-5-11-3-1-2-4-12(11)13/h1-6H,7-10H2. The molecule has 0 amide bonds. The first-order chi connectivity index (χ1) is 7.30. The molecule has 3 rings (SSSR count). The van der Waals surface area contributed by atoms with Gasteiger partial charge in [0.1, 0.15) is 0 Å². The van der Waals surface area contributed by atoms with Gasteiger partial charge in [-0.25, -0.2) is 3.11 Å². The third kappa shape index (κ3) is 1.54. The van der Waals surface area contributed by atoms with Gasteiger partial charge in [-0.3, -0.25) is 0 Å². The van der Waals surface area contributed by atoms with Crippen molar-refractivity contribution in [1.82, 2.24) is 3.11 Å². The number of rotatable bonds is 0. The second kappa shape index (κ2) is 3.59. The molecular formula is C13H14IN. The maximum atomic E-state index is 2.44. The zero-order valence-corrected chi connectivity index (χ0v) is 10.8. The fourth-order valence-corrected chi connectivity index (χ4v) is 3.23. The Morgan fingerprint density at radius 1 is 1.13 bits per heavy atom. The molecular weight excluding hydrogens is 297 g/mol. The first-order valence-electron chi connectivity index (χ1n) is 5.50. The normalized spacial score (nSPS) is 23.3. The van der Waals surface area contributed by atoms with Gasteiger partial charge in [0.25, 0.3) is 0 Å². The third-order valence-corrected chi connectivity index (χ3v) is 4.65. The maximum absolute atomic E-state index is 2.44. The SMILES string of the molecule is IN1CCC2(C=Cc3ccccc32)CC1. The average Bonchev–Trinajstić information content (AvgIpc) is 2.63. The fourth-order valence-electron chi connectivity index (χ4n) is 2.75. The van der Waals surface area contributed by atoms with E-state index in [1.54, 1.807) is 5.56 Å². The summed E-state index contributed by atoms with van der Waals surface area (Å²) in [7, 11) is 0. The van der Waals surface area contributed by atoms with Crippen LogP contribution in [0.25, 0.3) is 6.08 Å². The van der Waals surface area contributed by atoms with E-state index in [0.29, 0.717) is 5.41 Å². The summed E-state index contributed by atoms with van der Waals surface area (Å²) >= 11 is 2.44. The highest BCUT2D eigenvalue weighted by atomic mass is 127. The van der Waals surface area contributed by atoms with Gasteiger partial charge in [-0.05, 0) is 24.0 Å². The second-order valence-electron chi connectivity index (χ2n) is 4.49. The second-order valence-corrected chi connectivity index (χ2v) is 5.85. The van der Waals surface area contributed by atoms with Gasteiger partial charge in [0, 0.05) is 41.4 Å². The Labute approximate surface area is 105 Å². The monoisotopic (exact) mass is 311 g/mol. The number of fused-ring (bicyclic) bond motifs is 2. The number of hydrogen-bond acceptors (Lipinski definition) is 1. The molecule has 1 aliphatic carbocycles.